The zero-order valence-electron chi connectivity index (χ0n) is 10.5. The molecule has 0 bridgehead atoms. The van der Waals surface area contributed by atoms with Crippen LogP contribution in [0.1, 0.15) is 6.92 Å². The molecule has 0 saturated carbocycles. The average molecular weight is 265 g/mol. The molecule has 0 aliphatic rings. The highest BCUT2D eigenvalue weighted by Crippen LogP contribution is 2.29. The van der Waals surface area contributed by atoms with Gasteiger partial charge in [-0.3, -0.25) is 4.79 Å². The van der Waals surface area contributed by atoms with E-state index < -0.39 is 0 Å². The van der Waals surface area contributed by atoms with Crippen LogP contribution in [-0.4, -0.2) is 31.1 Å². The predicted molar refractivity (Wildman–Crippen MR) is 73.3 cm³/mol. The molecule has 96 valence electrons. The van der Waals surface area contributed by atoms with Gasteiger partial charge in [-0.05, 0) is 25.1 Å². The average Bonchev–Trinajstić information content (AvgIpc) is 2.78. The van der Waals surface area contributed by atoms with Crippen molar-refractivity contribution in [1.29, 1.82) is 0 Å². The number of carbonyl (C=O) groups is 1. The molecule has 0 spiro atoms. The Morgan fingerprint density at radius 1 is 1.50 bits per heavy atom. The molecule has 2 N–H and O–H groups in total. The zero-order valence-corrected chi connectivity index (χ0v) is 11.3. The van der Waals surface area contributed by atoms with Crippen molar-refractivity contribution in [3.8, 4) is 5.75 Å². The molecule has 1 amide bonds. The minimum absolute atomic E-state index is 0.0631. The number of nitrogens with zero attached hydrogens (tertiary/aromatic N) is 1. The van der Waals surface area contributed by atoms with Gasteiger partial charge in [0.25, 0.3) is 0 Å². The molecule has 0 saturated heterocycles. The number of nitrogens with one attached hydrogen (secondary N) is 2. The normalized spacial score (nSPS) is 12.2. The van der Waals surface area contributed by atoms with Gasteiger partial charge in [0, 0.05) is 7.05 Å². The fourth-order valence-corrected chi connectivity index (χ4v) is 2.54. The number of thiazole rings is 1. The van der Waals surface area contributed by atoms with Crippen LogP contribution in [-0.2, 0) is 4.79 Å². The first-order valence-electron chi connectivity index (χ1n) is 5.56. The van der Waals surface area contributed by atoms with Crippen LogP contribution in [0.2, 0.25) is 0 Å². The molecule has 1 heterocycles. The molecule has 0 radical (unpaired) electrons. The number of ether oxygens (including phenoxy) is 1. The molecule has 6 heteroatoms. The topological polar surface area (TPSA) is 63.2 Å². The maximum atomic E-state index is 11.4. The van der Waals surface area contributed by atoms with Crippen molar-refractivity contribution in [3.05, 3.63) is 18.2 Å². The van der Waals surface area contributed by atoms with Gasteiger partial charge >= 0.3 is 0 Å². The summed E-state index contributed by atoms with van der Waals surface area (Å²) in [5.41, 5.74) is 0.896. The van der Waals surface area contributed by atoms with Crippen LogP contribution in [0.4, 0.5) is 5.13 Å². The van der Waals surface area contributed by atoms with E-state index in [-0.39, 0.29) is 11.9 Å². The Labute approximate surface area is 109 Å². The lowest BCUT2D eigenvalue weighted by atomic mass is 10.3. The number of amides is 1. The van der Waals surface area contributed by atoms with Gasteiger partial charge in [-0.2, -0.15) is 0 Å². The third kappa shape index (κ3) is 2.53. The van der Waals surface area contributed by atoms with E-state index in [1.165, 1.54) is 11.3 Å². The molecule has 18 heavy (non-hydrogen) atoms. The van der Waals surface area contributed by atoms with Gasteiger partial charge in [0.1, 0.15) is 11.8 Å². The number of rotatable bonds is 4. The summed E-state index contributed by atoms with van der Waals surface area (Å²) < 4.78 is 6.19. The fraction of sp³-hybridized carbons (Fsp3) is 0.333. The Bertz CT molecular complexity index is 567. The minimum Gasteiger partial charge on any atom is -0.497 e. The Hall–Kier alpha value is -1.82. The first kappa shape index (κ1) is 12.6. The number of hydrogen-bond acceptors (Lipinski definition) is 5. The number of likely N-dealkylation sites (N-methyl/N-ethyl adjacent to an activating group) is 1. The van der Waals surface area contributed by atoms with E-state index in [9.17, 15) is 4.79 Å². The van der Waals surface area contributed by atoms with Gasteiger partial charge in [0.2, 0.25) is 5.91 Å². The van der Waals surface area contributed by atoms with Crippen LogP contribution in [0.15, 0.2) is 18.2 Å². The predicted octanol–water partition coefficient (Wildman–Crippen LogP) is 1.85. The molecule has 0 fully saturated rings. The smallest absolute Gasteiger partial charge is 0.242 e. The van der Waals surface area contributed by atoms with Crippen LogP contribution >= 0.6 is 11.3 Å². The Balaban J connectivity index is 2.22. The van der Waals surface area contributed by atoms with Crippen molar-refractivity contribution in [3.63, 3.8) is 0 Å². The van der Waals surface area contributed by atoms with Crippen molar-refractivity contribution >= 4 is 32.6 Å². The van der Waals surface area contributed by atoms with Gasteiger partial charge in [0.15, 0.2) is 5.13 Å². The largest absolute Gasteiger partial charge is 0.497 e. The van der Waals surface area contributed by atoms with Gasteiger partial charge in [-0.25, -0.2) is 4.98 Å². The quantitative estimate of drug-likeness (QED) is 0.885. The molecular weight excluding hydrogens is 250 g/mol. The van der Waals surface area contributed by atoms with Crippen LogP contribution < -0.4 is 15.4 Å². The molecular formula is C12H15N3O2S. The first-order chi connectivity index (χ1) is 8.63. The van der Waals surface area contributed by atoms with Crippen LogP contribution in [0.5, 0.6) is 5.75 Å². The number of carbonyl (C=O) groups excluding carboxylic acids is 1. The second-order valence-electron chi connectivity index (χ2n) is 3.83. The highest BCUT2D eigenvalue weighted by Gasteiger charge is 2.13. The van der Waals surface area contributed by atoms with E-state index in [0.717, 1.165) is 21.1 Å². The second-order valence-corrected chi connectivity index (χ2v) is 4.86. The van der Waals surface area contributed by atoms with E-state index in [2.05, 4.69) is 15.6 Å². The summed E-state index contributed by atoms with van der Waals surface area (Å²) in [4.78, 5) is 15.8. The molecule has 2 aromatic rings. The number of hydrogen-bond donors (Lipinski definition) is 2. The second kappa shape index (κ2) is 5.22. The van der Waals surface area contributed by atoms with Crippen molar-refractivity contribution < 1.29 is 9.53 Å². The Morgan fingerprint density at radius 2 is 2.28 bits per heavy atom. The monoisotopic (exact) mass is 265 g/mol. The summed E-state index contributed by atoms with van der Waals surface area (Å²) >= 11 is 1.50. The molecule has 1 atom stereocenters. The van der Waals surface area contributed by atoms with Crippen LogP contribution in [0.3, 0.4) is 0 Å². The standard InChI is InChI=1S/C12H15N3O2S/c1-7(11(16)13-2)14-12-15-9-5-4-8(17-3)6-10(9)18-12/h4-7H,1-3H3,(H,13,16)(H,14,15). The van der Waals surface area contributed by atoms with Crippen LogP contribution in [0.25, 0.3) is 10.2 Å². The highest BCUT2D eigenvalue weighted by molar-refractivity contribution is 7.22. The zero-order chi connectivity index (χ0) is 13.1. The number of aromatic nitrogens is 1. The fourth-order valence-electron chi connectivity index (χ4n) is 1.56. The van der Waals surface area contributed by atoms with E-state index in [1.807, 2.05) is 18.2 Å². The Morgan fingerprint density at radius 3 is 2.94 bits per heavy atom. The maximum Gasteiger partial charge on any atom is 0.242 e. The van der Waals surface area contributed by atoms with Crippen molar-refractivity contribution in [2.24, 2.45) is 0 Å². The third-order valence-electron chi connectivity index (χ3n) is 2.58. The molecule has 1 aromatic heterocycles. The minimum atomic E-state index is -0.308. The van der Waals surface area contributed by atoms with Crippen LogP contribution in [0, 0.1) is 0 Å². The number of benzene rings is 1. The van der Waals surface area contributed by atoms with Crippen molar-refractivity contribution in [2.45, 2.75) is 13.0 Å². The summed E-state index contributed by atoms with van der Waals surface area (Å²) in [6.45, 7) is 1.80. The molecule has 0 aliphatic carbocycles. The summed E-state index contributed by atoms with van der Waals surface area (Å²) in [5.74, 6) is 0.740. The lowest BCUT2D eigenvalue weighted by Crippen LogP contribution is -2.35. The highest BCUT2D eigenvalue weighted by atomic mass is 32.1. The number of methoxy groups -OCH3 is 1. The third-order valence-corrected chi connectivity index (χ3v) is 3.52. The molecule has 1 aromatic carbocycles. The van der Waals surface area contributed by atoms with Crippen molar-refractivity contribution in [2.75, 3.05) is 19.5 Å². The summed E-state index contributed by atoms with van der Waals surface area (Å²) in [6.07, 6.45) is 0. The van der Waals surface area contributed by atoms with Gasteiger partial charge < -0.3 is 15.4 Å². The van der Waals surface area contributed by atoms with E-state index >= 15 is 0 Å². The summed E-state index contributed by atoms with van der Waals surface area (Å²) in [6, 6.07) is 5.40. The molecule has 2 rings (SSSR count). The van der Waals surface area contributed by atoms with E-state index in [4.69, 9.17) is 4.74 Å². The summed E-state index contributed by atoms with van der Waals surface area (Å²) in [5, 5.41) is 6.40. The molecule has 0 aliphatic heterocycles. The maximum absolute atomic E-state index is 11.4. The lowest BCUT2D eigenvalue weighted by molar-refractivity contribution is -0.121. The van der Waals surface area contributed by atoms with E-state index in [0.29, 0.717) is 0 Å². The Kier molecular flexibility index (Phi) is 3.66. The van der Waals surface area contributed by atoms with Gasteiger partial charge in [0.05, 0.1) is 17.3 Å². The SMILES string of the molecule is CNC(=O)C(C)Nc1nc2ccc(OC)cc2s1. The van der Waals surface area contributed by atoms with Gasteiger partial charge in [-0.15, -0.1) is 0 Å². The summed E-state index contributed by atoms with van der Waals surface area (Å²) in [7, 11) is 3.25. The molecule has 5 nitrogen and oxygen atoms in total. The lowest BCUT2D eigenvalue weighted by Gasteiger charge is -2.10. The number of anilines is 1. The first-order valence-corrected chi connectivity index (χ1v) is 6.38. The van der Waals surface area contributed by atoms with E-state index in [1.54, 1.807) is 21.1 Å². The molecule has 1 unspecified atom stereocenters. The number of fused-ring (bicyclic) bond motifs is 1. The van der Waals surface area contributed by atoms with Crippen molar-refractivity contribution in [1.82, 2.24) is 10.3 Å². The van der Waals surface area contributed by atoms with Gasteiger partial charge in [-0.1, -0.05) is 11.3 Å².